The molecule has 0 saturated heterocycles. The van der Waals surface area contributed by atoms with E-state index in [9.17, 15) is 14.9 Å². The number of aryl methyl sites for hydroxylation is 1. The van der Waals surface area contributed by atoms with Gasteiger partial charge in [-0.25, -0.2) is 0 Å². The highest BCUT2D eigenvalue weighted by Gasteiger charge is 2.17. The number of nitrogens with zero attached hydrogens (tertiary/aromatic N) is 4. The van der Waals surface area contributed by atoms with Gasteiger partial charge in [0.1, 0.15) is 5.82 Å². The highest BCUT2D eigenvalue weighted by Crippen LogP contribution is 2.25. The lowest BCUT2D eigenvalue weighted by Crippen LogP contribution is -2.25. The molecule has 0 fully saturated rings. The maximum atomic E-state index is 13.1. The minimum absolute atomic E-state index is 0.0587. The Labute approximate surface area is 217 Å². The molecule has 0 aliphatic heterocycles. The molecular weight excluding hydrogens is 460 g/mol. The monoisotopic (exact) mass is 490 g/mol. The lowest BCUT2D eigenvalue weighted by Gasteiger charge is -2.20. The predicted octanol–water partition coefficient (Wildman–Crippen LogP) is 5.32. The summed E-state index contributed by atoms with van der Waals surface area (Å²) in [6.07, 6.45) is 2.05. The number of carbonyl (C=O) groups is 1. The van der Waals surface area contributed by atoms with Crippen LogP contribution in [-0.2, 0) is 12.8 Å². The van der Waals surface area contributed by atoms with Crippen LogP contribution in [0.2, 0.25) is 0 Å². The maximum absolute atomic E-state index is 13.1. The van der Waals surface area contributed by atoms with E-state index in [0.29, 0.717) is 28.9 Å². The van der Waals surface area contributed by atoms with Gasteiger partial charge in [0.15, 0.2) is 0 Å². The predicted molar refractivity (Wildman–Crippen MR) is 146 cm³/mol. The molecule has 0 bridgehead atoms. The summed E-state index contributed by atoms with van der Waals surface area (Å²) in [5.74, 6) is 0.559. The van der Waals surface area contributed by atoms with Crippen molar-refractivity contribution in [2.24, 2.45) is 0 Å². The van der Waals surface area contributed by atoms with Gasteiger partial charge in [0.2, 0.25) is 0 Å². The van der Waals surface area contributed by atoms with Gasteiger partial charge in [-0.1, -0.05) is 55.8 Å². The van der Waals surface area contributed by atoms with Gasteiger partial charge in [0.25, 0.3) is 11.5 Å². The third-order valence-corrected chi connectivity index (χ3v) is 6.42. The topological polar surface area (TPSA) is 79.0 Å². The fraction of sp³-hybridized carbons (Fsp3) is 0.226. The molecule has 4 aromatic rings. The number of hydrogen-bond acceptors (Lipinski definition) is 4. The number of rotatable bonds is 7. The fourth-order valence-electron chi connectivity index (χ4n) is 4.59. The SMILES string of the molecule is CCCc1c(Cc2ccc(-c3ccccc3C#N)cc2)c(=O)nc(C)n1-c1ccc(C(=O)N(C)C)cc1. The molecule has 0 unspecified atom stereocenters. The van der Waals surface area contributed by atoms with Crippen molar-refractivity contribution in [1.29, 1.82) is 5.26 Å². The summed E-state index contributed by atoms with van der Waals surface area (Å²) in [4.78, 5) is 31.3. The van der Waals surface area contributed by atoms with Gasteiger partial charge in [-0.15, -0.1) is 0 Å². The second-order valence-electron chi connectivity index (χ2n) is 9.25. The van der Waals surface area contributed by atoms with E-state index in [-0.39, 0.29) is 11.5 Å². The van der Waals surface area contributed by atoms with Crippen LogP contribution >= 0.6 is 0 Å². The lowest BCUT2D eigenvalue weighted by atomic mass is 9.96. The number of aromatic nitrogens is 2. The average molecular weight is 491 g/mol. The molecule has 1 amide bonds. The first-order chi connectivity index (χ1) is 17.8. The van der Waals surface area contributed by atoms with E-state index in [1.165, 1.54) is 0 Å². The quantitative estimate of drug-likeness (QED) is 0.351. The normalized spacial score (nSPS) is 10.7. The molecule has 0 aliphatic rings. The molecular formula is C31H30N4O2. The Hall–Kier alpha value is -4.50. The zero-order chi connectivity index (χ0) is 26.5. The first kappa shape index (κ1) is 25.6. The van der Waals surface area contributed by atoms with Crippen molar-refractivity contribution >= 4 is 5.91 Å². The van der Waals surface area contributed by atoms with Crippen LogP contribution in [0.3, 0.4) is 0 Å². The standard InChI is InChI=1S/C31H30N4O2/c1-5-8-29-28(19-22-11-13-23(14-12-22)27-10-7-6-9-25(27)20-32)30(36)33-21(2)35(29)26-17-15-24(16-18-26)31(37)34(3)4/h6-7,9-18H,5,8,19H2,1-4H3. The Kier molecular flexibility index (Phi) is 7.64. The molecule has 0 radical (unpaired) electrons. The zero-order valence-electron chi connectivity index (χ0n) is 21.7. The van der Waals surface area contributed by atoms with E-state index < -0.39 is 0 Å². The van der Waals surface area contributed by atoms with Gasteiger partial charge in [-0.05, 0) is 60.4 Å². The minimum atomic E-state index is -0.212. The second kappa shape index (κ2) is 11.0. The van der Waals surface area contributed by atoms with Crippen molar-refractivity contribution in [3.05, 3.63) is 117 Å². The molecule has 6 nitrogen and oxygen atoms in total. The largest absolute Gasteiger partial charge is 0.345 e. The van der Waals surface area contributed by atoms with Crippen molar-refractivity contribution < 1.29 is 4.79 Å². The van der Waals surface area contributed by atoms with Crippen molar-refractivity contribution in [2.75, 3.05) is 14.1 Å². The Morgan fingerprint density at radius 2 is 1.68 bits per heavy atom. The molecule has 37 heavy (non-hydrogen) atoms. The first-order valence-corrected chi connectivity index (χ1v) is 12.4. The molecule has 186 valence electrons. The number of amides is 1. The Morgan fingerprint density at radius 3 is 2.30 bits per heavy atom. The Morgan fingerprint density at radius 1 is 1.00 bits per heavy atom. The van der Waals surface area contributed by atoms with Crippen molar-refractivity contribution in [2.45, 2.75) is 33.1 Å². The van der Waals surface area contributed by atoms with Crippen LogP contribution in [-0.4, -0.2) is 34.5 Å². The fourth-order valence-corrected chi connectivity index (χ4v) is 4.59. The van der Waals surface area contributed by atoms with E-state index >= 15 is 0 Å². The summed E-state index contributed by atoms with van der Waals surface area (Å²) in [6, 6.07) is 25.2. The Balaban J connectivity index is 1.73. The lowest BCUT2D eigenvalue weighted by molar-refractivity contribution is 0.0827. The number of hydrogen-bond donors (Lipinski definition) is 0. The molecule has 0 spiro atoms. The summed E-state index contributed by atoms with van der Waals surface area (Å²) < 4.78 is 2.03. The summed E-state index contributed by atoms with van der Waals surface area (Å²) >= 11 is 0. The van der Waals surface area contributed by atoms with Gasteiger partial charge >= 0.3 is 0 Å². The van der Waals surface area contributed by atoms with Gasteiger partial charge < -0.3 is 9.47 Å². The van der Waals surface area contributed by atoms with E-state index in [1.807, 2.05) is 84.3 Å². The average Bonchev–Trinajstić information content (AvgIpc) is 2.91. The smallest absolute Gasteiger partial charge is 0.276 e. The van der Waals surface area contributed by atoms with Gasteiger partial charge in [0, 0.05) is 43.0 Å². The number of benzene rings is 3. The summed E-state index contributed by atoms with van der Waals surface area (Å²) in [5.41, 5.74) is 6.35. The molecule has 0 N–H and O–H groups in total. The van der Waals surface area contributed by atoms with Crippen LogP contribution in [0.25, 0.3) is 16.8 Å². The van der Waals surface area contributed by atoms with E-state index in [2.05, 4.69) is 18.0 Å². The van der Waals surface area contributed by atoms with E-state index in [0.717, 1.165) is 40.9 Å². The molecule has 1 heterocycles. The van der Waals surface area contributed by atoms with Gasteiger partial charge in [0.05, 0.1) is 11.6 Å². The van der Waals surface area contributed by atoms with Crippen molar-refractivity contribution in [1.82, 2.24) is 14.5 Å². The third-order valence-electron chi connectivity index (χ3n) is 6.42. The van der Waals surface area contributed by atoms with Gasteiger partial charge in [-0.2, -0.15) is 10.2 Å². The number of carbonyl (C=O) groups excluding carboxylic acids is 1. The number of nitriles is 1. The van der Waals surface area contributed by atoms with E-state index in [4.69, 9.17) is 0 Å². The maximum Gasteiger partial charge on any atom is 0.276 e. The Bertz CT molecular complexity index is 1530. The molecule has 0 atom stereocenters. The first-order valence-electron chi connectivity index (χ1n) is 12.4. The highest BCUT2D eigenvalue weighted by atomic mass is 16.2. The summed E-state index contributed by atoms with van der Waals surface area (Å²) in [5, 5.41) is 9.44. The van der Waals surface area contributed by atoms with Crippen molar-refractivity contribution in [3.8, 4) is 22.9 Å². The molecule has 1 aromatic heterocycles. The molecule has 6 heteroatoms. The summed E-state index contributed by atoms with van der Waals surface area (Å²) in [6.45, 7) is 3.93. The van der Waals surface area contributed by atoms with Crippen molar-refractivity contribution in [3.63, 3.8) is 0 Å². The van der Waals surface area contributed by atoms with Crippen LogP contribution in [0.1, 0.15) is 51.9 Å². The molecule has 4 rings (SSSR count). The zero-order valence-corrected chi connectivity index (χ0v) is 21.7. The van der Waals surface area contributed by atoms with Crippen LogP contribution in [0, 0.1) is 18.3 Å². The van der Waals surface area contributed by atoms with Crippen LogP contribution < -0.4 is 5.56 Å². The summed E-state index contributed by atoms with van der Waals surface area (Å²) in [7, 11) is 3.46. The second-order valence-corrected chi connectivity index (χ2v) is 9.25. The van der Waals surface area contributed by atoms with Crippen LogP contribution in [0.4, 0.5) is 0 Å². The van der Waals surface area contributed by atoms with E-state index in [1.54, 1.807) is 19.0 Å². The van der Waals surface area contributed by atoms with Crippen LogP contribution in [0.5, 0.6) is 0 Å². The highest BCUT2D eigenvalue weighted by molar-refractivity contribution is 5.94. The molecule has 3 aromatic carbocycles. The minimum Gasteiger partial charge on any atom is -0.345 e. The third kappa shape index (κ3) is 5.36. The molecule has 0 saturated carbocycles. The van der Waals surface area contributed by atoms with Gasteiger partial charge in [-0.3, -0.25) is 9.59 Å². The van der Waals surface area contributed by atoms with Crippen LogP contribution in [0.15, 0.2) is 77.6 Å². The molecule has 0 aliphatic carbocycles.